The van der Waals surface area contributed by atoms with Gasteiger partial charge in [0.15, 0.2) is 0 Å². The summed E-state index contributed by atoms with van der Waals surface area (Å²) in [6.45, 7) is 1.62. The molecule has 0 aromatic heterocycles. The third kappa shape index (κ3) is 6.00. The highest BCUT2D eigenvalue weighted by Gasteiger charge is 2.22. The number of hydrogen-bond acceptors (Lipinski definition) is 4. The Morgan fingerprint density at radius 1 is 1.45 bits per heavy atom. The van der Waals surface area contributed by atoms with Crippen LogP contribution in [-0.2, 0) is 4.79 Å². The van der Waals surface area contributed by atoms with Crippen molar-refractivity contribution in [3.05, 3.63) is 0 Å². The van der Waals surface area contributed by atoms with Crippen molar-refractivity contribution >= 4 is 23.8 Å². The van der Waals surface area contributed by atoms with Gasteiger partial charge in [-0.15, -0.1) is 0 Å². The number of amides is 2. The zero-order valence-electron chi connectivity index (χ0n) is 12.2. The lowest BCUT2D eigenvalue weighted by Crippen LogP contribution is -2.50. The van der Waals surface area contributed by atoms with Gasteiger partial charge in [-0.3, -0.25) is 0 Å². The predicted octanol–water partition coefficient (Wildman–Crippen LogP) is 0.976. The van der Waals surface area contributed by atoms with Crippen molar-refractivity contribution in [2.75, 3.05) is 32.1 Å². The van der Waals surface area contributed by atoms with Gasteiger partial charge in [0.25, 0.3) is 0 Å². The van der Waals surface area contributed by atoms with Gasteiger partial charge in [0.2, 0.25) is 0 Å². The Balaban J connectivity index is 2.31. The number of urea groups is 1. The summed E-state index contributed by atoms with van der Waals surface area (Å²) in [6.07, 6.45) is 5.81. The Morgan fingerprint density at radius 2 is 2.20 bits per heavy atom. The standard InChI is InChI=1S/C13H25N3O3S/c1-16-7-4-3-5-10(16)9-14-13(19)15-11(12(17)18)6-8-20-2/h10-11H,3-9H2,1-2H3,(H,17,18)(H2,14,15,19)/t10?,11-/m0/s1. The molecule has 1 fully saturated rings. The van der Waals surface area contributed by atoms with E-state index in [4.69, 9.17) is 5.11 Å². The molecule has 0 bridgehead atoms. The van der Waals surface area contributed by atoms with Crippen LogP contribution >= 0.6 is 11.8 Å². The lowest BCUT2D eigenvalue weighted by Gasteiger charge is -2.32. The van der Waals surface area contributed by atoms with Gasteiger partial charge in [0.1, 0.15) is 6.04 Å². The Kier molecular flexibility index (Phi) is 7.76. The fraction of sp³-hybridized carbons (Fsp3) is 0.846. The number of carbonyl (C=O) groups is 2. The van der Waals surface area contributed by atoms with Gasteiger partial charge >= 0.3 is 12.0 Å². The monoisotopic (exact) mass is 303 g/mol. The summed E-state index contributed by atoms with van der Waals surface area (Å²) in [5.74, 6) is -0.271. The SMILES string of the molecule is CSCC[C@H](NC(=O)NCC1CCCCN1C)C(=O)O. The van der Waals surface area contributed by atoms with E-state index in [1.165, 1.54) is 12.8 Å². The van der Waals surface area contributed by atoms with Gasteiger partial charge in [-0.25, -0.2) is 9.59 Å². The molecule has 1 saturated heterocycles. The number of hydrogen-bond donors (Lipinski definition) is 3. The molecule has 0 aromatic carbocycles. The molecule has 116 valence electrons. The first kappa shape index (κ1) is 17.1. The minimum Gasteiger partial charge on any atom is -0.480 e. The van der Waals surface area contributed by atoms with Gasteiger partial charge in [-0.2, -0.15) is 11.8 Å². The Labute approximate surface area is 124 Å². The minimum atomic E-state index is -0.982. The van der Waals surface area contributed by atoms with Crippen molar-refractivity contribution in [1.29, 1.82) is 0 Å². The molecule has 6 nitrogen and oxygen atoms in total. The average molecular weight is 303 g/mol. The molecule has 1 aliphatic rings. The lowest BCUT2D eigenvalue weighted by atomic mass is 10.0. The number of carbonyl (C=O) groups excluding carboxylic acids is 1. The topological polar surface area (TPSA) is 81.7 Å². The molecule has 2 atom stereocenters. The highest BCUT2D eigenvalue weighted by atomic mass is 32.2. The molecule has 7 heteroatoms. The summed E-state index contributed by atoms with van der Waals surface area (Å²) < 4.78 is 0. The van der Waals surface area contributed by atoms with Crippen molar-refractivity contribution in [2.24, 2.45) is 0 Å². The molecule has 2 amide bonds. The van der Waals surface area contributed by atoms with Gasteiger partial charge < -0.3 is 20.6 Å². The van der Waals surface area contributed by atoms with E-state index in [0.29, 0.717) is 24.8 Å². The quantitative estimate of drug-likeness (QED) is 0.653. The van der Waals surface area contributed by atoms with Crippen LogP contribution in [0.2, 0.25) is 0 Å². The predicted molar refractivity (Wildman–Crippen MR) is 81.2 cm³/mol. The molecule has 20 heavy (non-hydrogen) atoms. The number of aliphatic carboxylic acids is 1. The van der Waals surface area contributed by atoms with Crippen LogP contribution < -0.4 is 10.6 Å². The number of carboxylic acid groups (broad SMARTS) is 1. The summed E-state index contributed by atoms with van der Waals surface area (Å²) in [4.78, 5) is 25.0. The summed E-state index contributed by atoms with van der Waals surface area (Å²) in [7, 11) is 2.06. The molecule has 0 radical (unpaired) electrons. The number of carboxylic acids is 1. The van der Waals surface area contributed by atoms with E-state index in [9.17, 15) is 9.59 Å². The molecule has 1 heterocycles. The highest BCUT2D eigenvalue weighted by molar-refractivity contribution is 7.98. The number of nitrogens with zero attached hydrogens (tertiary/aromatic N) is 1. The Morgan fingerprint density at radius 3 is 2.80 bits per heavy atom. The number of likely N-dealkylation sites (N-methyl/N-ethyl adjacent to an activating group) is 1. The maximum absolute atomic E-state index is 11.8. The molecule has 0 spiro atoms. The largest absolute Gasteiger partial charge is 0.480 e. The van der Waals surface area contributed by atoms with Crippen molar-refractivity contribution in [2.45, 2.75) is 37.8 Å². The fourth-order valence-corrected chi connectivity index (χ4v) is 2.79. The van der Waals surface area contributed by atoms with E-state index in [2.05, 4.69) is 22.6 Å². The third-order valence-corrected chi connectivity index (χ3v) is 4.28. The number of likely N-dealkylation sites (tertiary alicyclic amines) is 1. The first-order valence-electron chi connectivity index (χ1n) is 7.01. The van der Waals surface area contributed by atoms with Crippen molar-refractivity contribution in [1.82, 2.24) is 15.5 Å². The molecule has 0 saturated carbocycles. The maximum atomic E-state index is 11.8. The summed E-state index contributed by atoms with van der Waals surface area (Å²) in [6, 6.07) is -0.854. The van der Waals surface area contributed by atoms with Crippen LogP contribution in [0.4, 0.5) is 4.79 Å². The minimum absolute atomic E-state index is 0.351. The van der Waals surface area contributed by atoms with E-state index in [1.54, 1.807) is 11.8 Å². The lowest BCUT2D eigenvalue weighted by molar-refractivity contribution is -0.139. The molecule has 1 rings (SSSR count). The third-order valence-electron chi connectivity index (χ3n) is 3.63. The summed E-state index contributed by atoms with van der Waals surface area (Å²) in [5.41, 5.74) is 0. The van der Waals surface area contributed by atoms with Crippen molar-refractivity contribution < 1.29 is 14.7 Å². The molecule has 0 aliphatic carbocycles. The Hall–Kier alpha value is -0.950. The summed E-state index contributed by atoms with van der Waals surface area (Å²) >= 11 is 1.57. The van der Waals surface area contributed by atoms with E-state index in [-0.39, 0.29) is 0 Å². The van der Waals surface area contributed by atoms with E-state index >= 15 is 0 Å². The number of thioether (sulfide) groups is 1. The van der Waals surface area contributed by atoms with Gasteiger partial charge in [-0.1, -0.05) is 6.42 Å². The van der Waals surface area contributed by atoms with Crippen LogP contribution in [0.25, 0.3) is 0 Å². The van der Waals surface area contributed by atoms with Gasteiger partial charge in [0, 0.05) is 12.6 Å². The van der Waals surface area contributed by atoms with E-state index < -0.39 is 18.0 Å². The second kappa shape index (κ2) is 9.07. The first-order valence-corrected chi connectivity index (χ1v) is 8.40. The van der Waals surface area contributed by atoms with Crippen molar-refractivity contribution in [3.8, 4) is 0 Å². The molecule has 1 aliphatic heterocycles. The highest BCUT2D eigenvalue weighted by Crippen LogP contribution is 2.13. The molecular formula is C13H25N3O3S. The smallest absolute Gasteiger partial charge is 0.326 e. The van der Waals surface area contributed by atoms with Crippen LogP contribution in [0.15, 0.2) is 0 Å². The van der Waals surface area contributed by atoms with Crippen molar-refractivity contribution in [3.63, 3.8) is 0 Å². The first-order chi connectivity index (χ1) is 9.54. The van der Waals surface area contributed by atoms with Crippen LogP contribution in [0.3, 0.4) is 0 Å². The average Bonchev–Trinajstić information content (AvgIpc) is 2.42. The second-order valence-corrected chi connectivity index (χ2v) is 6.14. The van der Waals surface area contributed by atoms with Crippen LogP contribution in [0.1, 0.15) is 25.7 Å². The van der Waals surface area contributed by atoms with Crippen LogP contribution in [-0.4, -0.2) is 66.2 Å². The maximum Gasteiger partial charge on any atom is 0.326 e. The fourth-order valence-electron chi connectivity index (χ4n) is 2.31. The van der Waals surface area contributed by atoms with Gasteiger partial charge in [0.05, 0.1) is 0 Å². The Bertz CT molecular complexity index is 328. The molecule has 0 aromatic rings. The molecule has 1 unspecified atom stereocenters. The van der Waals surface area contributed by atoms with Crippen LogP contribution in [0.5, 0.6) is 0 Å². The van der Waals surface area contributed by atoms with Crippen LogP contribution in [0, 0.1) is 0 Å². The van der Waals surface area contributed by atoms with Gasteiger partial charge in [-0.05, 0) is 44.9 Å². The zero-order valence-corrected chi connectivity index (χ0v) is 13.0. The van der Waals surface area contributed by atoms with E-state index in [0.717, 1.165) is 13.0 Å². The number of nitrogens with one attached hydrogen (secondary N) is 2. The number of rotatable bonds is 7. The molecular weight excluding hydrogens is 278 g/mol. The molecule has 3 N–H and O–H groups in total. The summed E-state index contributed by atoms with van der Waals surface area (Å²) in [5, 5.41) is 14.4. The second-order valence-electron chi connectivity index (χ2n) is 5.16. The number of piperidine rings is 1. The van der Waals surface area contributed by atoms with E-state index in [1.807, 2.05) is 6.26 Å². The normalized spacial score (nSPS) is 21.2. The zero-order chi connectivity index (χ0) is 15.0.